The molecule has 8 heteroatoms. The Bertz CT molecular complexity index is 1040. The fourth-order valence-corrected chi connectivity index (χ4v) is 3.46. The summed E-state index contributed by atoms with van der Waals surface area (Å²) in [5.41, 5.74) is 2.73. The van der Waals surface area contributed by atoms with Crippen molar-refractivity contribution in [3.8, 4) is 5.75 Å². The van der Waals surface area contributed by atoms with Gasteiger partial charge in [-0.3, -0.25) is 9.48 Å². The Hall–Kier alpha value is -2.44. The van der Waals surface area contributed by atoms with Crippen molar-refractivity contribution in [2.75, 3.05) is 7.05 Å². The summed E-state index contributed by atoms with van der Waals surface area (Å²) in [5.74, 6) is 1.58. The number of benzene rings is 1. The Morgan fingerprint density at radius 2 is 2.00 bits per heavy atom. The molecule has 160 valence electrons. The molecular weight excluding hydrogens is 425 g/mol. The van der Waals surface area contributed by atoms with Gasteiger partial charge >= 0.3 is 0 Å². The maximum absolute atomic E-state index is 12.7. The van der Waals surface area contributed by atoms with Crippen LogP contribution in [0.1, 0.15) is 52.9 Å². The van der Waals surface area contributed by atoms with Crippen molar-refractivity contribution in [2.24, 2.45) is 7.05 Å². The van der Waals surface area contributed by atoms with E-state index in [0.29, 0.717) is 22.4 Å². The van der Waals surface area contributed by atoms with Gasteiger partial charge in [-0.25, -0.2) is 0 Å². The summed E-state index contributed by atoms with van der Waals surface area (Å²) >= 11 is 12.4. The van der Waals surface area contributed by atoms with Crippen LogP contribution in [0.5, 0.6) is 5.75 Å². The number of rotatable bonds is 7. The van der Waals surface area contributed by atoms with Crippen LogP contribution in [0.25, 0.3) is 0 Å². The minimum Gasteiger partial charge on any atom is -0.485 e. The van der Waals surface area contributed by atoms with Crippen LogP contribution in [0.2, 0.25) is 10.0 Å². The predicted octanol–water partition coefficient (Wildman–Crippen LogP) is 5.60. The highest BCUT2D eigenvalue weighted by atomic mass is 35.5. The second-order valence-electron chi connectivity index (χ2n) is 7.57. The summed E-state index contributed by atoms with van der Waals surface area (Å²) in [6.07, 6.45) is 1.56. The van der Waals surface area contributed by atoms with E-state index in [2.05, 4.69) is 18.9 Å². The van der Waals surface area contributed by atoms with Crippen molar-refractivity contribution in [2.45, 2.75) is 39.8 Å². The molecule has 6 nitrogen and oxygen atoms in total. The first-order valence-electron chi connectivity index (χ1n) is 9.60. The highest BCUT2D eigenvalue weighted by Crippen LogP contribution is 2.32. The van der Waals surface area contributed by atoms with Gasteiger partial charge in [0.1, 0.15) is 18.1 Å². The minimum absolute atomic E-state index is 0.214. The monoisotopic (exact) mass is 449 g/mol. The number of hydrogen-bond acceptors (Lipinski definition) is 4. The summed E-state index contributed by atoms with van der Waals surface area (Å²) in [6.45, 7) is 6.64. The summed E-state index contributed by atoms with van der Waals surface area (Å²) in [7, 11) is 3.47. The van der Waals surface area contributed by atoms with Crippen LogP contribution >= 0.6 is 23.2 Å². The van der Waals surface area contributed by atoms with Gasteiger partial charge < -0.3 is 14.1 Å². The molecule has 1 amide bonds. The van der Waals surface area contributed by atoms with Crippen LogP contribution in [-0.2, 0) is 20.2 Å². The number of halogens is 2. The zero-order valence-corrected chi connectivity index (χ0v) is 19.2. The zero-order valence-electron chi connectivity index (χ0n) is 17.7. The highest BCUT2D eigenvalue weighted by molar-refractivity contribution is 6.31. The normalized spacial score (nSPS) is 11.2. The quantitative estimate of drug-likeness (QED) is 0.470. The lowest BCUT2D eigenvalue weighted by Crippen LogP contribution is -2.27. The van der Waals surface area contributed by atoms with E-state index in [4.69, 9.17) is 32.4 Å². The number of hydrogen-bond donors (Lipinski definition) is 0. The number of aryl methyl sites for hydroxylation is 2. The van der Waals surface area contributed by atoms with Crippen LogP contribution < -0.4 is 4.74 Å². The second kappa shape index (κ2) is 9.14. The van der Waals surface area contributed by atoms with Crippen LogP contribution in [0.3, 0.4) is 0 Å². The average molecular weight is 450 g/mol. The Morgan fingerprint density at radius 3 is 2.63 bits per heavy atom. The lowest BCUT2D eigenvalue weighted by Gasteiger charge is -2.16. The van der Waals surface area contributed by atoms with E-state index >= 15 is 0 Å². The Balaban J connectivity index is 1.68. The van der Waals surface area contributed by atoms with Crippen molar-refractivity contribution in [3.05, 3.63) is 68.8 Å². The first kappa shape index (κ1) is 22.2. The summed E-state index contributed by atoms with van der Waals surface area (Å²) in [6, 6.07) is 7.26. The molecule has 2 heterocycles. The van der Waals surface area contributed by atoms with Crippen molar-refractivity contribution >= 4 is 29.1 Å². The van der Waals surface area contributed by atoms with Crippen molar-refractivity contribution in [1.29, 1.82) is 0 Å². The molecule has 0 saturated heterocycles. The van der Waals surface area contributed by atoms with Gasteiger partial charge in [0.25, 0.3) is 5.91 Å². The molecular formula is C22H25Cl2N3O3. The standard InChI is InChI=1S/C22H25Cl2N3O3/c1-13(2)16-9-17(23)14(3)8-21(16)29-12-15-6-7-20(30-15)22(28)26(4)11-19-18(24)10-25-27(19)5/h6-10,13H,11-12H2,1-5H3. The SMILES string of the molecule is Cc1cc(OCc2ccc(C(=O)N(C)Cc3c(Cl)cnn3C)o2)c(C(C)C)cc1Cl. The minimum atomic E-state index is -0.247. The molecule has 0 N–H and O–H groups in total. The van der Waals surface area contributed by atoms with E-state index < -0.39 is 0 Å². The van der Waals surface area contributed by atoms with Gasteiger partial charge in [-0.2, -0.15) is 5.10 Å². The summed E-state index contributed by atoms with van der Waals surface area (Å²) < 4.78 is 13.4. The Morgan fingerprint density at radius 1 is 1.27 bits per heavy atom. The molecule has 0 aliphatic rings. The van der Waals surface area contributed by atoms with E-state index in [0.717, 1.165) is 22.6 Å². The second-order valence-corrected chi connectivity index (χ2v) is 8.39. The molecule has 0 atom stereocenters. The predicted molar refractivity (Wildman–Crippen MR) is 117 cm³/mol. The van der Waals surface area contributed by atoms with Gasteiger partial charge in [0.2, 0.25) is 0 Å². The maximum atomic E-state index is 12.7. The average Bonchev–Trinajstić information content (AvgIpc) is 3.29. The van der Waals surface area contributed by atoms with Gasteiger partial charge in [-0.05, 0) is 48.2 Å². The molecule has 0 unspecified atom stereocenters. The van der Waals surface area contributed by atoms with E-state index in [1.165, 1.54) is 4.90 Å². The number of furan rings is 1. The topological polar surface area (TPSA) is 60.5 Å². The third kappa shape index (κ3) is 4.82. The molecule has 0 bridgehead atoms. The fourth-order valence-electron chi connectivity index (χ4n) is 3.06. The molecule has 3 aromatic rings. The molecule has 0 spiro atoms. The van der Waals surface area contributed by atoms with Crippen LogP contribution in [0.15, 0.2) is 34.9 Å². The fraction of sp³-hybridized carbons (Fsp3) is 0.364. The molecule has 3 rings (SSSR count). The Labute approximate surface area is 186 Å². The third-order valence-electron chi connectivity index (χ3n) is 4.90. The molecule has 0 radical (unpaired) electrons. The highest BCUT2D eigenvalue weighted by Gasteiger charge is 2.19. The lowest BCUT2D eigenvalue weighted by molar-refractivity contribution is 0.0746. The number of nitrogens with zero attached hydrogens (tertiary/aromatic N) is 3. The number of ether oxygens (including phenoxy) is 1. The van der Waals surface area contributed by atoms with E-state index in [1.54, 1.807) is 37.1 Å². The zero-order chi connectivity index (χ0) is 22.0. The first-order chi connectivity index (χ1) is 14.2. The van der Waals surface area contributed by atoms with Gasteiger partial charge in [0.05, 0.1) is 23.5 Å². The third-order valence-corrected chi connectivity index (χ3v) is 5.62. The molecule has 1 aromatic carbocycles. The molecule has 30 heavy (non-hydrogen) atoms. The lowest BCUT2D eigenvalue weighted by atomic mass is 10.0. The van der Waals surface area contributed by atoms with Crippen molar-refractivity contribution in [3.63, 3.8) is 0 Å². The van der Waals surface area contributed by atoms with Gasteiger partial charge in [0.15, 0.2) is 5.76 Å². The van der Waals surface area contributed by atoms with Gasteiger partial charge in [0, 0.05) is 19.1 Å². The summed E-state index contributed by atoms with van der Waals surface area (Å²) in [5, 5.41) is 5.32. The van der Waals surface area contributed by atoms with Crippen LogP contribution in [0.4, 0.5) is 0 Å². The van der Waals surface area contributed by atoms with Crippen LogP contribution in [-0.4, -0.2) is 27.6 Å². The largest absolute Gasteiger partial charge is 0.485 e. The van der Waals surface area contributed by atoms with Gasteiger partial charge in [-0.15, -0.1) is 0 Å². The van der Waals surface area contributed by atoms with Crippen molar-refractivity contribution in [1.82, 2.24) is 14.7 Å². The molecule has 0 aliphatic heterocycles. The summed E-state index contributed by atoms with van der Waals surface area (Å²) in [4.78, 5) is 14.2. The van der Waals surface area contributed by atoms with Crippen molar-refractivity contribution < 1.29 is 13.9 Å². The van der Waals surface area contributed by atoms with E-state index in [-0.39, 0.29) is 24.2 Å². The molecule has 0 fully saturated rings. The maximum Gasteiger partial charge on any atom is 0.289 e. The molecule has 2 aromatic heterocycles. The molecule has 0 aliphatic carbocycles. The number of carbonyl (C=O) groups excluding carboxylic acids is 1. The van der Waals surface area contributed by atoms with Gasteiger partial charge in [-0.1, -0.05) is 37.0 Å². The Kier molecular flexibility index (Phi) is 6.78. The van der Waals surface area contributed by atoms with E-state index in [1.807, 2.05) is 19.1 Å². The first-order valence-corrected chi connectivity index (χ1v) is 10.4. The number of carbonyl (C=O) groups is 1. The molecule has 0 saturated carbocycles. The smallest absolute Gasteiger partial charge is 0.289 e. The van der Waals surface area contributed by atoms with Crippen LogP contribution in [0, 0.1) is 6.92 Å². The number of aromatic nitrogens is 2. The van der Waals surface area contributed by atoms with E-state index in [9.17, 15) is 4.79 Å². The number of amides is 1.